The van der Waals surface area contributed by atoms with E-state index in [1.165, 1.54) is 11.1 Å². The first-order valence-corrected chi connectivity index (χ1v) is 5.73. The van der Waals surface area contributed by atoms with E-state index in [-0.39, 0.29) is 6.04 Å². The zero-order chi connectivity index (χ0) is 11.1. The Labute approximate surface area is 93.0 Å². The highest BCUT2D eigenvalue weighted by molar-refractivity contribution is 5.24. The van der Waals surface area contributed by atoms with E-state index in [9.17, 15) is 0 Å². The van der Waals surface area contributed by atoms with E-state index in [2.05, 4.69) is 37.8 Å². The first-order chi connectivity index (χ1) is 7.27. The normalized spacial score (nSPS) is 12.4. The third-order valence-electron chi connectivity index (χ3n) is 2.74. The Morgan fingerprint density at radius 2 is 2.00 bits per heavy atom. The molecular formula is C14H21N. The largest absolute Gasteiger partial charge is 0.324 e. The molecule has 82 valence electrons. The van der Waals surface area contributed by atoms with Crippen LogP contribution in [-0.2, 0) is 6.42 Å². The van der Waals surface area contributed by atoms with Gasteiger partial charge in [0.25, 0.3) is 0 Å². The fourth-order valence-corrected chi connectivity index (χ4v) is 1.65. The van der Waals surface area contributed by atoms with Crippen molar-refractivity contribution in [3.05, 3.63) is 48.0 Å². The van der Waals surface area contributed by atoms with E-state index in [1.807, 2.05) is 6.08 Å². The smallest absolute Gasteiger partial charge is 0.0294 e. The summed E-state index contributed by atoms with van der Waals surface area (Å²) < 4.78 is 0. The summed E-state index contributed by atoms with van der Waals surface area (Å²) in [7, 11) is 0. The summed E-state index contributed by atoms with van der Waals surface area (Å²) in [6.07, 6.45) is 6.26. The van der Waals surface area contributed by atoms with Crippen molar-refractivity contribution < 1.29 is 0 Å². The molecule has 0 aliphatic carbocycles. The third kappa shape index (κ3) is 3.88. The maximum Gasteiger partial charge on any atom is 0.0294 e. The number of benzene rings is 1. The van der Waals surface area contributed by atoms with Gasteiger partial charge in [-0.05, 0) is 36.8 Å². The monoisotopic (exact) mass is 203 g/mol. The second kappa shape index (κ2) is 6.41. The Hall–Kier alpha value is -1.08. The number of hydrogen-bond donors (Lipinski definition) is 1. The Morgan fingerprint density at radius 1 is 1.33 bits per heavy atom. The molecule has 1 unspecified atom stereocenters. The summed E-state index contributed by atoms with van der Waals surface area (Å²) in [5.74, 6) is 0. The van der Waals surface area contributed by atoms with Crippen molar-refractivity contribution in [2.24, 2.45) is 5.73 Å². The third-order valence-corrected chi connectivity index (χ3v) is 2.74. The average Bonchev–Trinajstić information content (AvgIpc) is 2.29. The molecule has 0 spiro atoms. The van der Waals surface area contributed by atoms with Gasteiger partial charge < -0.3 is 5.73 Å². The molecule has 0 radical (unpaired) electrons. The van der Waals surface area contributed by atoms with Crippen LogP contribution in [0.1, 0.15) is 43.4 Å². The van der Waals surface area contributed by atoms with Crippen molar-refractivity contribution in [2.45, 2.75) is 38.6 Å². The van der Waals surface area contributed by atoms with Crippen LogP contribution in [-0.4, -0.2) is 0 Å². The second-order valence-electron chi connectivity index (χ2n) is 3.92. The van der Waals surface area contributed by atoms with Gasteiger partial charge in [-0.3, -0.25) is 0 Å². The molecule has 0 aromatic heterocycles. The molecule has 0 heterocycles. The first kappa shape index (κ1) is 12.0. The number of allylic oxidation sites excluding steroid dienone is 1. The fourth-order valence-electron chi connectivity index (χ4n) is 1.65. The molecule has 0 saturated heterocycles. The lowest BCUT2D eigenvalue weighted by Gasteiger charge is -2.11. The van der Waals surface area contributed by atoms with Crippen LogP contribution in [0.5, 0.6) is 0 Å². The molecular weight excluding hydrogens is 182 g/mol. The molecule has 0 aliphatic rings. The van der Waals surface area contributed by atoms with Crippen molar-refractivity contribution in [3.8, 4) is 0 Å². The summed E-state index contributed by atoms with van der Waals surface area (Å²) in [6.45, 7) is 5.88. The van der Waals surface area contributed by atoms with Gasteiger partial charge in [-0.25, -0.2) is 0 Å². The highest BCUT2D eigenvalue weighted by Crippen LogP contribution is 2.17. The summed E-state index contributed by atoms with van der Waals surface area (Å²) in [5, 5.41) is 0. The standard InChI is InChI=1S/C14H21N/c1-3-5-6-7-14(15)13-10-8-12(4-2)9-11-13/h3,8-11,14H,1,4-7,15H2,2H3. The van der Waals surface area contributed by atoms with Crippen molar-refractivity contribution in [3.63, 3.8) is 0 Å². The fraction of sp³-hybridized carbons (Fsp3) is 0.429. The zero-order valence-corrected chi connectivity index (χ0v) is 9.58. The van der Waals surface area contributed by atoms with Gasteiger partial charge in [0.15, 0.2) is 0 Å². The van der Waals surface area contributed by atoms with Crippen LogP contribution in [0.3, 0.4) is 0 Å². The van der Waals surface area contributed by atoms with Crippen LogP contribution in [0.25, 0.3) is 0 Å². The maximum atomic E-state index is 6.09. The molecule has 0 fully saturated rings. The molecule has 1 rings (SSSR count). The Morgan fingerprint density at radius 3 is 2.53 bits per heavy atom. The quantitative estimate of drug-likeness (QED) is 0.555. The zero-order valence-electron chi connectivity index (χ0n) is 9.58. The van der Waals surface area contributed by atoms with Crippen LogP contribution >= 0.6 is 0 Å². The van der Waals surface area contributed by atoms with E-state index in [1.54, 1.807) is 0 Å². The molecule has 1 aromatic rings. The lowest BCUT2D eigenvalue weighted by Crippen LogP contribution is -2.09. The van der Waals surface area contributed by atoms with Crippen LogP contribution in [0.2, 0.25) is 0 Å². The lowest BCUT2D eigenvalue weighted by molar-refractivity contribution is 0.617. The minimum Gasteiger partial charge on any atom is -0.324 e. The number of unbranched alkanes of at least 4 members (excludes halogenated alkanes) is 1. The summed E-state index contributed by atoms with van der Waals surface area (Å²) in [5.41, 5.74) is 8.71. The van der Waals surface area contributed by atoms with Crippen LogP contribution in [0.15, 0.2) is 36.9 Å². The van der Waals surface area contributed by atoms with Gasteiger partial charge in [0.05, 0.1) is 0 Å². The van der Waals surface area contributed by atoms with Gasteiger partial charge in [0, 0.05) is 6.04 Å². The predicted octanol–water partition coefficient (Wildman–Crippen LogP) is 3.61. The van der Waals surface area contributed by atoms with Gasteiger partial charge in [0.1, 0.15) is 0 Å². The van der Waals surface area contributed by atoms with E-state index in [4.69, 9.17) is 5.73 Å². The second-order valence-corrected chi connectivity index (χ2v) is 3.92. The highest BCUT2D eigenvalue weighted by Gasteiger charge is 2.04. The molecule has 2 N–H and O–H groups in total. The van der Waals surface area contributed by atoms with Crippen LogP contribution < -0.4 is 5.73 Å². The van der Waals surface area contributed by atoms with E-state index < -0.39 is 0 Å². The first-order valence-electron chi connectivity index (χ1n) is 5.73. The maximum absolute atomic E-state index is 6.09. The van der Waals surface area contributed by atoms with Crippen molar-refractivity contribution in [1.82, 2.24) is 0 Å². The molecule has 1 heteroatoms. The molecule has 0 bridgehead atoms. The van der Waals surface area contributed by atoms with Crippen molar-refractivity contribution in [2.75, 3.05) is 0 Å². The van der Waals surface area contributed by atoms with E-state index >= 15 is 0 Å². The van der Waals surface area contributed by atoms with Crippen molar-refractivity contribution in [1.29, 1.82) is 0 Å². The number of nitrogens with two attached hydrogens (primary N) is 1. The van der Waals surface area contributed by atoms with Gasteiger partial charge in [0.2, 0.25) is 0 Å². The average molecular weight is 203 g/mol. The molecule has 1 nitrogen and oxygen atoms in total. The minimum atomic E-state index is 0.177. The Bertz CT molecular complexity index is 287. The highest BCUT2D eigenvalue weighted by atomic mass is 14.6. The predicted molar refractivity (Wildman–Crippen MR) is 66.8 cm³/mol. The van der Waals surface area contributed by atoms with Crippen molar-refractivity contribution >= 4 is 0 Å². The van der Waals surface area contributed by atoms with Gasteiger partial charge >= 0.3 is 0 Å². The summed E-state index contributed by atoms with van der Waals surface area (Å²) >= 11 is 0. The number of rotatable bonds is 6. The number of hydrogen-bond acceptors (Lipinski definition) is 1. The van der Waals surface area contributed by atoms with E-state index in [0.29, 0.717) is 0 Å². The van der Waals surface area contributed by atoms with Gasteiger partial charge in [-0.15, -0.1) is 6.58 Å². The molecule has 0 saturated carbocycles. The lowest BCUT2D eigenvalue weighted by atomic mass is 10.00. The topological polar surface area (TPSA) is 26.0 Å². The van der Waals surface area contributed by atoms with Gasteiger partial charge in [-0.1, -0.05) is 37.3 Å². The van der Waals surface area contributed by atoms with E-state index in [0.717, 1.165) is 25.7 Å². The summed E-state index contributed by atoms with van der Waals surface area (Å²) in [6, 6.07) is 8.82. The Kier molecular flexibility index (Phi) is 5.13. The minimum absolute atomic E-state index is 0.177. The number of aryl methyl sites for hydroxylation is 1. The Balaban J connectivity index is 2.50. The molecule has 1 aromatic carbocycles. The molecule has 0 aliphatic heterocycles. The SMILES string of the molecule is C=CCCCC(N)c1ccc(CC)cc1. The summed E-state index contributed by atoms with van der Waals surface area (Å²) in [4.78, 5) is 0. The molecule has 15 heavy (non-hydrogen) atoms. The van der Waals surface area contributed by atoms with Crippen LogP contribution in [0.4, 0.5) is 0 Å². The van der Waals surface area contributed by atoms with Gasteiger partial charge in [-0.2, -0.15) is 0 Å². The molecule has 0 amide bonds. The van der Waals surface area contributed by atoms with Crippen LogP contribution in [0, 0.1) is 0 Å². The molecule has 1 atom stereocenters.